The Morgan fingerprint density at radius 3 is 1.26 bits per heavy atom. The molecule has 3 nitrogen and oxygen atoms in total. The van der Waals surface area contributed by atoms with E-state index in [1.807, 2.05) is 0 Å². The highest BCUT2D eigenvalue weighted by molar-refractivity contribution is 7.00. The first-order valence-electron chi connectivity index (χ1n) is 26.3. The molecule has 13 aromatic rings. The quantitative estimate of drug-likeness (QED) is 0.141. The van der Waals surface area contributed by atoms with Crippen molar-refractivity contribution in [2.45, 2.75) is 0 Å². The number of rotatable bonds is 8. The summed E-state index contributed by atoms with van der Waals surface area (Å²) < 4.78 is 2.56. The molecule has 76 heavy (non-hydrogen) atoms. The third-order valence-electron chi connectivity index (χ3n) is 15.8. The molecule has 0 amide bonds. The highest BCUT2D eigenvalue weighted by atomic mass is 15.2. The summed E-state index contributed by atoms with van der Waals surface area (Å²) in [6.45, 7) is -0.0799. The second-order valence-corrected chi connectivity index (χ2v) is 20.0. The summed E-state index contributed by atoms with van der Waals surface area (Å²) in [6, 6.07) is 107. The van der Waals surface area contributed by atoms with Crippen LogP contribution in [0.15, 0.2) is 291 Å². The molecule has 3 heterocycles. The second kappa shape index (κ2) is 17.9. The summed E-state index contributed by atoms with van der Waals surface area (Å²) in [5, 5.41) is 2.43. The number of hydrogen-bond donors (Lipinski definition) is 0. The van der Waals surface area contributed by atoms with E-state index < -0.39 is 0 Å². The summed E-state index contributed by atoms with van der Waals surface area (Å²) in [4.78, 5) is 5.10. The molecule has 0 atom stereocenters. The van der Waals surface area contributed by atoms with Gasteiger partial charge in [0.2, 0.25) is 0 Å². The van der Waals surface area contributed by atoms with Crippen molar-refractivity contribution in [1.82, 2.24) is 4.57 Å². The Labute approximate surface area is 443 Å². The lowest BCUT2D eigenvalue weighted by molar-refractivity contribution is 1.18. The van der Waals surface area contributed by atoms with E-state index in [1.54, 1.807) is 0 Å². The molecule has 4 heteroatoms. The Hall–Kier alpha value is -9.90. The van der Waals surface area contributed by atoms with Gasteiger partial charge in [-0.2, -0.15) is 0 Å². The van der Waals surface area contributed by atoms with E-state index in [9.17, 15) is 0 Å². The maximum atomic E-state index is 2.58. The Balaban J connectivity index is 1.03. The predicted molar refractivity (Wildman–Crippen MR) is 322 cm³/mol. The van der Waals surface area contributed by atoms with Crippen LogP contribution in [0.25, 0.3) is 83.1 Å². The van der Waals surface area contributed by atoms with E-state index in [2.05, 4.69) is 306 Å². The Bertz CT molecular complexity index is 4250. The summed E-state index contributed by atoms with van der Waals surface area (Å²) in [6.07, 6.45) is 0. The first-order chi connectivity index (χ1) is 37.7. The van der Waals surface area contributed by atoms with Crippen LogP contribution in [0, 0.1) is 0 Å². The van der Waals surface area contributed by atoms with E-state index in [0.29, 0.717) is 0 Å². The number of nitrogens with zero attached hydrogens (tertiary/aromatic N) is 3. The molecule has 2 aliphatic heterocycles. The van der Waals surface area contributed by atoms with E-state index in [-0.39, 0.29) is 6.71 Å². The van der Waals surface area contributed by atoms with Gasteiger partial charge in [-0.1, -0.05) is 237 Å². The zero-order chi connectivity index (χ0) is 50.1. The fourth-order valence-electron chi connectivity index (χ4n) is 12.4. The average molecular weight is 966 g/mol. The standard InChI is InChI=1S/C72H48BN3/c1-6-20-49(21-7-1)52-36-41-57(42-37-52)74-66-34-19-35-67-70(66)73(62-45-40-56(48-68(62)74)51-24-10-3-11-25-51)63-46-47-65-69(72(63)75(67)58-43-38-53(39-44-58)50-22-8-2-9-23-50)61-30-16-17-33-64(61)76(65)71-59(54-26-12-4-13-27-54)31-18-32-60(71)55-28-14-5-15-29-55/h1-48H. The molecule has 0 fully saturated rings. The number of aromatic nitrogens is 1. The van der Waals surface area contributed by atoms with Crippen molar-refractivity contribution in [2.75, 3.05) is 9.80 Å². The van der Waals surface area contributed by atoms with Crippen LogP contribution in [0.5, 0.6) is 0 Å². The van der Waals surface area contributed by atoms with Gasteiger partial charge in [0.05, 0.1) is 22.4 Å². The lowest BCUT2D eigenvalue weighted by Gasteiger charge is -2.44. The minimum atomic E-state index is -0.0799. The number of hydrogen-bond acceptors (Lipinski definition) is 2. The van der Waals surface area contributed by atoms with Crippen LogP contribution in [0.1, 0.15) is 0 Å². The average Bonchev–Trinajstić information content (AvgIpc) is 4.03. The van der Waals surface area contributed by atoms with Crippen molar-refractivity contribution in [3.8, 4) is 61.3 Å². The van der Waals surface area contributed by atoms with Gasteiger partial charge in [-0.25, -0.2) is 0 Å². The summed E-state index contributed by atoms with van der Waals surface area (Å²) in [7, 11) is 0. The van der Waals surface area contributed by atoms with Crippen LogP contribution in [-0.4, -0.2) is 11.3 Å². The van der Waals surface area contributed by atoms with Gasteiger partial charge in [0.25, 0.3) is 6.71 Å². The molecule has 0 unspecified atom stereocenters. The molecule has 12 aromatic carbocycles. The molecule has 0 saturated heterocycles. The van der Waals surface area contributed by atoms with Gasteiger partial charge in [0, 0.05) is 50.3 Å². The van der Waals surface area contributed by atoms with Gasteiger partial charge in [0.1, 0.15) is 0 Å². The minimum Gasteiger partial charge on any atom is -0.311 e. The first kappa shape index (κ1) is 43.7. The molecule has 1 aromatic heterocycles. The lowest BCUT2D eigenvalue weighted by atomic mass is 9.33. The number of anilines is 6. The maximum absolute atomic E-state index is 2.58. The van der Waals surface area contributed by atoms with Gasteiger partial charge in [0.15, 0.2) is 0 Å². The van der Waals surface area contributed by atoms with Crippen molar-refractivity contribution >= 4 is 79.0 Å². The fourth-order valence-corrected chi connectivity index (χ4v) is 12.4. The number of benzene rings is 12. The van der Waals surface area contributed by atoms with Crippen molar-refractivity contribution in [2.24, 2.45) is 0 Å². The monoisotopic (exact) mass is 965 g/mol. The van der Waals surface area contributed by atoms with Gasteiger partial charge in [-0.05, 0) is 115 Å². The molecule has 0 spiro atoms. The predicted octanol–water partition coefficient (Wildman–Crippen LogP) is 17.2. The summed E-state index contributed by atoms with van der Waals surface area (Å²) in [5.74, 6) is 0. The van der Waals surface area contributed by atoms with Gasteiger partial charge in [-0.3, -0.25) is 0 Å². The normalized spacial score (nSPS) is 12.4. The second-order valence-electron chi connectivity index (χ2n) is 20.0. The maximum Gasteiger partial charge on any atom is 0.252 e. The molecule has 0 N–H and O–H groups in total. The molecule has 15 rings (SSSR count). The molecule has 354 valence electrons. The van der Waals surface area contributed by atoms with Gasteiger partial charge < -0.3 is 14.4 Å². The highest BCUT2D eigenvalue weighted by Gasteiger charge is 2.44. The first-order valence-corrected chi connectivity index (χ1v) is 26.3. The lowest BCUT2D eigenvalue weighted by Crippen LogP contribution is -2.61. The van der Waals surface area contributed by atoms with Crippen LogP contribution in [0.2, 0.25) is 0 Å². The largest absolute Gasteiger partial charge is 0.311 e. The molecule has 0 aliphatic carbocycles. The third-order valence-corrected chi connectivity index (χ3v) is 15.8. The van der Waals surface area contributed by atoms with Gasteiger partial charge in [-0.15, -0.1) is 0 Å². The van der Waals surface area contributed by atoms with Crippen LogP contribution < -0.4 is 26.2 Å². The van der Waals surface area contributed by atoms with Crippen molar-refractivity contribution in [3.63, 3.8) is 0 Å². The van der Waals surface area contributed by atoms with Crippen molar-refractivity contribution < 1.29 is 0 Å². The molecule has 2 aliphatic rings. The van der Waals surface area contributed by atoms with Gasteiger partial charge >= 0.3 is 0 Å². The van der Waals surface area contributed by atoms with Crippen LogP contribution in [0.3, 0.4) is 0 Å². The molecule has 0 saturated carbocycles. The number of fused-ring (bicyclic) bond motifs is 8. The SMILES string of the molecule is c1ccc(-c2ccc(N3c4cc(-c5ccccc5)ccc4B4c5ccc6c(c5N(c5ccc(-c7ccccc7)cc5)c5cccc3c54)c3ccccc3n6-c3c(-c4ccccc4)cccc3-c3ccccc3)cc2)cc1. The zero-order valence-corrected chi connectivity index (χ0v) is 41.6. The molecular weight excluding hydrogens is 918 g/mol. The van der Waals surface area contributed by atoms with E-state index in [1.165, 1.54) is 106 Å². The topological polar surface area (TPSA) is 11.4 Å². The minimum absolute atomic E-state index is 0.0799. The third kappa shape index (κ3) is 6.99. The summed E-state index contributed by atoms with van der Waals surface area (Å²) in [5.41, 5.74) is 26.1. The van der Waals surface area contributed by atoms with E-state index >= 15 is 0 Å². The number of para-hydroxylation sites is 2. The van der Waals surface area contributed by atoms with Crippen LogP contribution in [-0.2, 0) is 0 Å². The van der Waals surface area contributed by atoms with E-state index in [4.69, 9.17) is 0 Å². The zero-order valence-electron chi connectivity index (χ0n) is 41.6. The Kier molecular flexibility index (Phi) is 10.3. The Morgan fingerprint density at radius 1 is 0.263 bits per heavy atom. The Morgan fingerprint density at radius 2 is 0.697 bits per heavy atom. The smallest absolute Gasteiger partial charge is 0.252 e. The molecule has 0 radical (unpaired) electrons. The molecule has 0 bridgehead atoms. The van der Waals surface area contributed by atoms with Crippen LogP contribution >= 0.6 is 0 Å². The van der Waals surface area contributed by atoms with E-state index in [0.717, 1.165) is 28.1 Å². The van der Waals surface area contributed by atoms with Crippen LogP contribution in [0.4, 0.5) is 34.1 Å². The van der Waals surface area contributed by atoms with Crippen molar-refractivity contribution in [3.05, 3.63) is 291 Å². The molecular formula is C72H48BN3. The van der Waals surface area contributed by atoms with Crippen molar-refractivity contribution in [1.29, 1.82) is 0 Å². The fraction of sp³-hybridized carbons (Fsp3) is 0. The summed E-state index contributed by atoms with van der Waals surface area (Å²) >= 11 is 0. The highest BCUT2D eigenvalue weighted by Crippen LogP contribution is 2.50.